The van der Waals surface area contributed by atoms with E-state index < -0.39 is 0 Å². The van der Waals surface area contributed by atoms with Gasteiger partial charge in [0.1, 0.15) is 0 Å². The summed E-state index contributed by atoms with van der Waals surface area (Å²) in [5.74, 6) is 1.23. The van der Waals surface area contributed by atoms with Crippen LogP contribution in [0.3, 0.4) is 0 Å². The first-order chi connectivity index (χ1) is 9.20. The number of methoxy groups -OCH3 is 1. The van der Waals surface area contributed by atoms with Crippen molar-refractivity contribution in [1.82, 2.24) is 0 Å². The Kier molecular flexibility index (Phi) is 3.09. The minimum Gasteiger partial charge on any atom is -0.465 e. The maximum absolute atomic E-state index is 11.9. The van der Waals surface area contributed by atoms with Gasteiger partial charge < -0.3 is 15.4 Å². The predicted octanol–water partition coefficient (Wildman–Crippen LogP) is 2.29. The number of benzene rings is 1. The number of para-hydroxylation sites is 1. The Morgan fingerprint density at radius 3 is 2.63 bits per heavy atom. The van der Waals surface area contributed by atoms with E-state index in [1.165, 1.54) is 26.4 Å². The quantitative estimate of drug-likeness (QED) is 0.655. The molecule has 3 rings (SSSR count). The van der Waals surface area contributed by atoms with Crippen molar-refractivity contribution < 1.29 is 9.53 Å². The molecule has 1 saturated heterocycles. The highest BCUT2D eigenvalue weighted by atomic mass is 16.5. The van der Waals surface area contributed by atoms with Gasteiger partial charge in [0.15, 0.2) is 0 Å². The SMILES string of the molecule is COC(=O)c1cccc(N)c1N1CC2CCCC2C1. The van der Waals surface area contributed by atoms with E-state index in [2.05, 4.69) is 4.90 Å². The summed E-state index contributed by atoms with van der Waals surface area (Å²) in [6.45, 7) is 2.03. The fourth-order valence-corrected chi connectivity index (χ4v) is 3.61. The number of hydrogen-bond donors (Lipinski definition) is 1. The molecule has 1 aliphatic heterocycles. The van der Waals surface area contributed by atoms with Gasteiger partial charge in [-0.05, 0) is 36.8 Å². The highest BCUT2D eigenvalue weighted by molar-refractivity contribution is 5.99. The van der Waals surface area contributed by atoms with Crippen LogP contribution < -0.4 is 10.6 Å². The van der Waals surface area contributed by atoms with Crippen molar-refractivity contribution in [3.8, 4) is 0 Å². The van der Waals surface area contributed by atoms with Crippen molar-refractivity contribution in [3.05, 3.63) is 23.8 Å². The van der Waals surface area contributed by atoms with Crippen LogP contribution in [0.2, 0.25) is 0 Å². The topological polar surface area (TPSA) is 55.6 Å². The fraction of sp³-hybridized carbons (Fsp3) is 0.533. The molecule has 1 aromatic rings. The molecule has 1 heterocycles. The molecule has 0 bridgehead atoms. The molecule has 2 atom stereocenters. The van der Waals surface area contributed by atoms with E-state index in [9.17, 15) is 4.79 Å². The van der Waals surface area contributed by atoms with Gasteiger partial charge in [0.05, 0.1) is 24.0 Å². The smallest absolute Gasteiger partial charge is 0.340 e. The number of ether oxygens (including phenoxy) is 1. The minimum atomic E-state index is -0.306. The van der Waals surface area contributed by atoms with E-state index in [0.717, 1.165) is 30.6 Å². The lowest BCUT2D eigenvalue weighted by Crippen LogP contribution is -2.24. The standard InChI is InChI=1S/C15H20N2O2/c1-19-15(18)12-6-3-7-13(16)14(12)17-8-10-4-2-5-11(10)9-17/h3,6-7,10-11H,2,4-5,8-9,16H2,1H3. The average Bonchev–Trinajstić information content (AvgIpc) is 2.98. The van der Waals surface area contributed by atoms with E-state index in [4.69, 9.17) is 10.5 Å². The van der Waals surface area contributed by atoms with E-state index in [0.29, 0.717) is 11.3 Å². The number of carbonyl (C=O) groups is 1. The van der Waals surface area contributed by atoms with Crippen molar-refractivity contribution in [2.24, 2.45) is 11.8 Å². The van der Waals surface area contributed by atoms with Crippen LogP contribution >= 0.6 is 0 Å². The molecule has 0 spiro atoms. The molecule has 0 amide bonds. The summed E-state index contributed by atoms with van der Waals surface area (Å²) >= 11 is 0. The number of nitrogens with two attached hydrogens (primary N) is 1. The molecule has 4 nitrogen and oxygen atoms in total. The fourth-order valence-electron chi connectivity index (χ4n) is 3.61. The van der Waals surface area contributed by atoms with Crippen LogP contribution in [0.1, 0.15) is 29.6 Å². The summed E-state index contributed by atoms with van der Waals surface area (Å²) in [4.78, 5) is 14.2. The summed E-state index contributed by atoms with van der Waals surface area (Å²) in [7, 11) is 1.41. The molecule has 1 aromatic carbocycles. The van der Waals surface area contributed by atoms with Crippen molar-refractivity contribution in [2.45, 2.75) is 19.3 Å². The lowest BCUT2D eigenvalue weighted by Gasteiger charge is -2.23. The van der Waals surface area contributed by atoms with Gasteiger partial charge in [-0.25, -0.2) is 4.79 Å². The van der Waals surface area contributed by atoms with Gasteiger partial charge in [-0.15, -0.1) is 0 Å². The number of rotatable bonds is 2. The maximum Gasteiger partial charge on any atom is 0.340 e. The summed E-state index contributed by atoms with van der Waals surface area (Å²) in [6, 6.07) is 5.46. The van der Waals surface area contributed by atoms with Crippen molar-refractivity contribution in [1.29, 1.82) is 0 Å². The first-order valence-electron chi connectivity index (χ1n) is 6.92. The summed E-state index contributed by atoms with van der Waals surface area (Å²) in [5.41, 5.74) is 8.21. The number of esters is 1. The first kappa shape index (κ1) is 12.3. The van der Waals surface area contributed by atoms with Crippen LogP contribution in [-0.2, 0) is 4.74 Å². The lowest BCUT2D eigenvalue weighted by atomic mass is 10.0. The van der Waals surface area contributed by atoms with Gasteiger partial charge in [-0.1, -0.05) is 12.5 Å². The van der Waals surface area contributed by atoms with Gasteiger partial charge in [0.2, 0.25) is 0 Å². The van der Waals surface area contributed by atoms with E-state index in [1.807, 2.05) is 12.1 Å². The number of carbonyl (C=O) groups excluding carboxylic acids is 1. The van der Waals surface area contributed by atoms with Gasteiger partial charge in [-0.2, -0.15) is 0 Å². The zero-order valence-corrected chi connectivity index (χ0v) is 11.3. The molecule has 1 aliphatic carbocycles. The lowest BCUT2D eigenvalue weighted by molar-refractivity contribution is 0.0601. The molecule has 2 N–H and O–H groups in total. The summed E-state index contributed by atoms with van der Waals surface area (Å²) in [6.07, 6.45) is 3.96. The molecule has 102 valence electrons. The Hall–Kier alpha value is -1.71. The van der Waals surface area contributed by atoms with Gasteiger partial charge in [0, 0.05) is 13.1 Å². The molecular formula is C15H20N2O2. The molecule has 0 radical (unpaired) electrons. The number of hydrogen-bond acceptors (Lipinski definition) is 4. The highest BCUT2D eigenvalue weighted by Gasteiger charge is 2.37. The third-order valence-corrected chi connectivity index (χ3v) is 4.52. The average molecular weight is 260 g/mol. The number of fused-ring (bicyclic) bond motifs is 1. The zero-order valence-electron chi connectivity index (χ0n) is 11.3. The zero-order chi connectivity index (χ0) is 13.4. The molecule has 4 heteroatoms. The second kappa shape index (κ2) is 4.76. The highest BCUT2D eigenvalue weighted by Crippen LogP contribution is 2.42. The largest absolute Gasteiger partial charge is 0.465 e. The van der Waals surface area contributed by atoms with E-state index in [-0.39, 0.29) is 5.97 Å². The van der Waals surface area contributed by atoms with Crippen LogP contribution in [0, 0.1) is 11.8 Å². The second-order valence-electron chi connectivity index (χ2n) is 5.59. The Bertz CT molecular complexity index is 489. The summed E-state index contributed by atoms with van der Waals surface area (Å²) in [5, 5.41) is 0. The Morgan fingerprint density at radius 1 is 1.32 bits per heavy atom. The van der Waals surface area contributed by atoms with Crippen molar-refractivity contribution >= 4 is 17.3 Å². The van der Waals surface area contributed by atoms with Gasteiger partial charge in [0.25, 0.3) is 0 Å². The molecule has 2 aliphatic rings. The van der Waals surface area contributed by atoms with Crippen molar-refractivity contribution in [3.63, 3.8) is 0 Å². The number of nitrogen functional groups attached to an aromatic ring is 1. The summed E-state index contributed by atoms with van der Waals surface area (Å²) < 4.78 is 4.86. The Labute approximate surface area is 113 Å². The normalized spacial score (nSPS) is 25.4. The van der Waals surface area contributed by atoms with Crippen LogP contribution in [0.4, 0.5) is 11.4 Å². The molecule has 19 heavy (non-hydrogen) atoms. The third-order valence-electron chi connectivity index (χ3n) is 4.52. The first-order valence-corrected chi connectivity index (χ1v) is 6.92. The maximum atomic E-state index is 11.9. The molecule has 2 unspecified atom stereocenters. The Morgan fingerprint density at radius 2 is 2.00 bits per heavy atom. The van der Waals surface area contributed by atoms with E-state index >= 15 is 0 Å². The minimum absolute atomic E-state index is 0.306. The van der Waals surface area contributed by atoms with Crippen molar-refractivity contribution in [2.75, 3.05) is 30.8 Å². The molecule has 0 aromatic heterocycles. The van der Waals surface area contributed by atoms with E-state index in [1.54, 1.807) is 6.07 Å². The van der Waals surface area contributed by atoms with Crippen LogP contribution in [0.5, 0.6) is 0 Å². The monoisotopic (exact) mass is 260 g/mol. The second-order valence-corrected chi connectivity index (χ2v) is 5.59. The molecule has 2 fully saturated rings. The molecular weight excluding hydrogens is 240 g/mol. The van der Waals surface area contributed by atoms with Crippen LogP contribution in [-0.4, -0.2) is 26.2 Å². The van der Waals surface area contributed by atoms with Crippen LogP contribution in [0.15, 0.2) is 18.2 Å². The number of nitrogens with zero attached hydrogens (tertiary/aromatic N) is 1. The third kappa shape index (κ3) is 2.05. The number of anilines is 2. The van der Waals surface area contributed by atoms with Crippen LogP contribution in [0.25, 0.3) is 0 Å². The Balaban J connectivity index is 1.94. The van der Waals surface area contributed by atoms with Gasteiger partial charge >= 0.3 is 5.97 Å². The van der Waals surface area contributed by atoms with Gasteiger partial charge in [-0.3, -0.25) is 0 Å². The predicted molar refractivity (Wildman–Crippen MR) is 75.2 cm³/mol. The molecule has 1 saturated carbocycles.